The molecule has 1 aromatic rings. The third-order valence-corrected chi connectivity index (χ3v) is 2.83. The summed E-state index contributed by atoms with van der Waals surface area (Å²) in [6, 6.07) is 6.57. The van der Waals surface area contributed by atoms with E-state index in [1.807, 2.05) is 0 Å². The Morgan fingerprint density at radius 2 is 2.06 bits per heavy atom. The molecule has 1 rings (SSSR count). The van der Waals surface area contributed by atoms with Crippen molar-refractivity contribution in [1.82, 2.24) is 5.32 Å². The van der Waals surface area contributed by atoms with Crippen LogP contribution in [-0.4, -0.2) is 26.8 Å². The summed E-state index contributed by atoms with van der Waals surface area (Å²) >= 11 is 0. The van der Waals surface area contributed by atoms with Crippen LogP contribution in [0.15, 0.2) is 23.8 Å². The quantitative estimate of drug-likeness (QED) is 0.763. The molecule has 0 aliphatic heterocycles. The van der Waals surface area contributed by atoms with Crippen molar-refractivity contribution < 1.29 is 4.74 Å². The van der Waals surface area contributed by atoms with Gasteiger partial charge in [-0.1, -0.05) is 29.8 Å². The summed E-state index contributed by atoms with van der Waals surface area (Å²) in [7, 11) is 1.72. The molecule has 0 unspecified atom stereocenters. The summed E-state index contributed by atoms with van der Waals surface area (Å²) in [5.41, 5.74) is 5.31. The van der Waals surface area contributed by atoms with E-state index in [1.165, 1.54) is 22.3 Å². The molecule has 0 bridgehead atoms. The van der Waals surface area contributed by atoms with E-state index in [2.05, 4.69) is 50.4 Å². The van der Waals surface area contributed by atoms with E-state index < -0.39 is 0 Å². The van der Waals surface area contributed by atoms with Gasteiger partial charge in [0.15, 0.2) is 0 Å². The second-order valence-corrected chi connectivity index (χ2v) is 4.50. The maximum absolute atomic E-state index is 4.99. The SMILES string of the molecule is COCCNCC(C)=Cc1ccc(C)c(C)c1. The molecular formula is C15H23NO. The maximum Gasteiger partial charge on any atom is 0.0587 e. The van der Waals surface area contributed by atoms with E-state index >= 15 is 0 Å². The number of hydrogen-bond acceptors (Lipinski definition) is 2. The Balaban J connectivity index is 2.52. The van der Waals surface area contributed by atoms with Gasteiger partial charge < -0.3 is 10.1 Å². The van der Waals surface area contributed by atoms with Crippen LogP contribution in [0.1, 0.15) is 23.6 Å². The summed E-state index contributed by atoms with van der Waals surface area (Å²) in [4.78, 5) is 0. The molecule has 0 amide bonds. The first-order valence-corrected chi connectivity index (χ1v) is 6.07. The zero-order valence-corrected chi connectivity index (χ0v) is 11.3. The van der Waals surface area contributed by atoms with Gasteiger partial charge >= 0.3 is 0 Å². The molecule has 1 N–H and O–H groups in total. The van der Waals surface area contributed by atoms with E-state index in [9.17, 15) is 0 Å². The van der Waals surface area contributed by atoms with Gasteiger partial charge in [0.05, 0.1) is 6.61 Å². The van der Waals surface area contributed by atoms with Gasteiger partial charge in [-0.05, 0) is 37.5 Å². The number of benzene rings is 1. The fourth-order valence-corrected chi connectivity index (χ4v) is 1.65. The van der Waals surface area contributed by atoms with Crippen molar-refractivity contribution in [1.29, 1.82) is 0 Å². The average molecular weight is 233 g/mol. The Morgan fingerprint density at radius 3 is 2.71 bits per heavy atom. The van der Waals surface area contributed by atoms with Gasteiger partial charge in [0.25, 0.3) is 0 Å². The molecule has 94 valence electrons. The first-order valence-electron chi connectivity index (χ1n) is 6.07. The zero-order chi connectivity index (χ0) is 12.7. The van der Waals surface area contributed by atoms with E-state index in [4.69, 9.17) is 4.74 Å². The lowest BCUT2D eigenvalue weighted by Crippen LogP contribution is -2.20. The predicted molar refractivity (Wildman–Crippen MR) is 74.3 cm³/mol. The Morgan fingerprint density at radius 1 is 1.29 bits per heavy atom. The molecule has 2 nitrogen and oxygen atoms in total. The lowest BCUT2D eigenvalue weighted by atomic mass is 10.0. The highest BCUT2D eigenvalue weighted by atomic mass is 16.5. The minimum atomic E-state index is 0.761. The van der Waals surface area contributed by atoms with Gasteiger partial charge in [-0.15, -0.1) is 0 Å². The van der Waals surface area contributed by atoms with Crippen molar-refractivity contribution >= 4 is 6.08 Å². The molecule has 17 heavy (non-hydrogen) atoms. The predicted octanol–water partition coefficient (Wildman–Crippen LogP) is 2.94. The molecule has 0 aliphatic rings. The second kappa shape index (κ2) is 7.25. The van der Waals surface area contributed by atoms with Crippen LogP contribution in [0.3, 0.4) is 0 Å². The number of aryl methyl sites for hydroxylation is 2. The Bertz CT molecular complexity index is 383. The minimum absolute atomic E-state index is 0.761. The Hall–Kier alpha value is -1.12. The van der Waals surface area contributed by atoms with Gasteiger partial charge in [0.1, 0.15) is 0 Å². The molecule has 2 heteroatoms. The third kappa shape index (κ3) is 5.16. The molecule has 1 aromatic carbocycles. The summed E-state index contributed by atoms with van der Waals surface area (Å²) in [6.07, 6.45) is 2.23. The molecule has 0 fully saturated rings. The van der Waals surface area contributed by atoms with E-state index in [0.717, 1.165) is 19.7 Å². The maximum atomic E-state index is 4.99. The minimum Gasteiger partial charge on any atom is -0.383 e. The molecule has 0 spiro atoms. The Labute approximate surface area is 105 Å². The highest BCUT2D eigenvalue weighted by Crippen LogP contribution is 2.12. The highest BCUT2D eigenvalue weighted by Gasteiger charge is 1.95. The van der Waals surface area contributed by atoms with Gasteiger partial charge in [0.2, 0.25) is 0 Å². The lowest BCUT2D eigenvalue weighted by molar-refractivity contribution is 0.200. The fraction of sp³-hybridized carbons (Fsp3) is 0.467. The lowest BCUT2D eigenvalue weighted by Gasteiger charge is -2.06. The van der Waals surface area contributed by atoms with Gasteiger partial charge in [-0.3, -0.25) is 0 Å². The summed E-state index contributed by atoms with van der Waals surface area (Å²) in [6.45, 7) is 9.01. The normalized spacial score (nSPS) is 11.9. The van der Waals surface area contributed by atoms with Gasteiger partial charge in [-0.2, -0.15) is 0 Å². The third-order valence-electron chi connectivity index (χ3n) is 2.83. The number of nitrogens with one attached hydrogen (secondary N) is 1. The smallest absolute Gasteiger partial charge is 0.0587 e. The first-order chi connectivity index (χ1) is 8.13. The van der Waals surface area contributed by atoms with Gasteiger partial charge in [-0.25, -0.2) is 0 Å². The molecule has 0 atom stereocenters. The van der Waals surface area contributed by atoms with E-state index in [-0.39, 0.29) is 0 Å². The summed E-state index contributed by atoms with van der Waals surface area (Å²) in [5, 5.41) is 3.34. The van der Waals surface area contributed by atoms with Crippen LogP contribution >= 0.6 is 0 Å². The first kappa shape index (κ1) is 13.9. The number of hydrogen-bond donors (Lipinski definition) is 1. The number of ether oxygens (including phenoxy) is 1. The molecule has 0 saturated carbocycles. The fourth-order valence-electron chi connectivity index (χ4n) is 1.65. The van der Waals surface area contributed by atoms with Crippen molar-refractivity contribution in [2.24, 2.45) is 0 Å². The van der Waals surface area contributed by atoms with E-state index in [1.54, 1.807) is 7.11 Å². The largest absolute Gasteiger partial charge is 0.383 e. The van der Waals surface area contributed by atoms with Gasteiger partial charge in [0, 0.05) is 20.2 Å². The highest BCUT2D eigenvalue weighted by molar-refractivity contribution is 5.54. The van der Waals surface area contributed by atoms with Crippen molar-refractivity contribution in [3.63, 3.8) is 0 Å². The molecular weight excluding hydrogens is 210 g/mol. The summed E-state index contributed by atoms with van der Waals surface area (Å²) in [5.74, 6) is 0. The average Bonchev–Trinajstić information content (AvgIpc) is 2.30. The van der Waals surface area contributed by atoms with Crippen LogP contribution in [0.4, 0.5) is 0 Å². The van der Waals surface area contributed by atoms with Crippen LogP contribution in [0, 0.1) is 13.8 Å². The van der Waals surface area contributed by atoms with E-state index in [0.29, 0.717) is 0 Å². The van der Waals surface area contributed by atoms with Crippen LogP contribution in [0.5, 0.6) is 0 Å². The van der Waals surface area contributed by atoms with Crippen molar-refractivity contribution in [3.05, 3.63) is 40.5 Å². The second-order valence-electron chi connectivity index (χ2n) is 4.50. The molecule has 0 saturated heterocycles. The molecule has 0 radical (unpaired) electrons. The van der Waals surface area contributed by atoms with Crippen LogP contribution in [0.2, 0.25) is 0 Å². The van der Waals surface area contributed by atoms with Crippen LogP contribution in [0.25, 0.3) is 6.08 Å². The van der Waals surface area contributed by atoms with Crippen LogP contribution < -0.4 is 5.32 Å². The molecule has 0 heterocycles. The van der Waals surface area contributed by atoms with Crippen molar-refractivity contribution in [2.75, 3.05) is 26.8 Å². The molecule has 0 aliphatic carbocycles. The number of methoxy groups -OCH3 is 1. The monoisotopic (exact) mass is 233 g/mol. The van der Waals surface area contributed by atoms with Crippen LogP contribution in [-0.2, 0) is 4.74 Å². The van der Waals surface area contributed by atoms with Crippen molar-refractivity contribution in [2.45, 2.75) is 20.8 Å². The standard InChI is InChI=1S/C15H23NO/c1-12(11-16-7-8-17-4)9-15-6-5-13(2)14(3)10-15/h5-6,9-10,16H,7-8,11H2,1-4H3. The summed E-state index contributed by atoms with van der Waals surface area (Å²) < 4.78 is 4.99. The Kier molecular flexibility index (Phi) is 5.95. The number of rotatable bonds is 6. The zero-order valence-electron chi connectivity index (χ0n) is 11.3. The van der Waals surface area contributed by atoms with Crippen molar-refractivity contribution in [3.8, 4) is 0 Å². The molecule has 0 aromatic heterocycles. The topological polar surface area (TPSA) is 21.3 Å².